The number of ketones is 1. The SMILES string of the molecule is CC(C)OC(=O)[C@H](C)NP(=O)(N[C@@H](C)C(=O)OC(C)C)OC[C@@]1(C(F)F)O[C@@H](N2C=CC(=O)CC2=O)[C@H](F)[C@@H]1O. The molecule has 0 aromatic carbocycles. The van der Waals surface area contributed by atoms with Crippen LogP contribution in [0.15, 0.2) is 12.3 Å². The first kappa shape index (κ1) is 33.8. The van der Waals surface area contributed by atoms with E-state index >= 15 is 4.39 Å². The van der Waals surface area contributed by atoms with Gasteiger partial charge < -0.3 is 23.8 Å². The summed E-state index contributed by atoms with van der Waals surface area (Å²) in [6.07, 6.45) is -10.9. The maximum atomic E-state index is 15.1. The van der Waals surface area contributed by atoms with Crippen LogP contribution >= 0.6 is 7.67 Å². The number of hydrogen-bond donors (Lipinski definition) is 3. The molecule has 1 fully saturated rings. The summed E-state index contributed by atoms with van der Waals surface area (Å²) in [5, 5.41) is 15.0. The van der Waals surface area contributed by atoms with Crippen molar-refractivity contribution in [2.24, 2.45) is 0 Å². The van der Waals surface area contributed by atoms with Gasteiger partial charge in [0.2, 0.25) is 5.91 Å². The van der Waals surface area contributed by atoms with Crippen molar-refractivity contribution in [1.29, 1.82) is 0 Å². The van der Waals surface area contributed by atoms with Gasteiger partial charge in [-0.05, 0) is 47.6 Å². The summed E-state index contributed by atoms with van der Waals surface area (Å²) in [6, 6.07) is -2.72. The highest BCUT2D eigenvalue weighted by atomic mass is 31.2. The number of allylic oxidation sites excluding steroid dienone is 1. The largest absolute Gasteiger partial charge is 0.462 e. The maximum Gasteiger partial charge on any atom is 0.342 e. The molecule has 1 saturated heterocycles. The maximum absolute atomic E-state index is 15.1. The molecule has 6 atom stereocenters. The predicted octanol–water partition coefficient (Wildman–Crippen LogP) is 1.34. The molecule has 40 heavy (non-hydrogen) atoms. The van der Waals surface area contributed by atoms with Crippen LogP contribution in [-0.2, 0) is 42.5 Å². The van der Waals surface area contributed by atoms with Gasteiger partial charge in [-0.2, -0.15) is 0 Å². The number of alkyl halides is 3. The summed E-state index contributed by atoms with van der Waals surface area (Å²) in [5.41, 5.74) is -3.15. The van der Waals surface area contributed by atoms with E-state index in [0.717, 1.165) is 12.3 Å². The third-order valence-electron chi connectivity index (χ3n) is 5.70. The van der Waals surface area contributed by atoms with Crippen LogP contribution in [0.2, 0.25) is 0 Å². The van der Waals surface area contributed by atoms with Gasteiger partial charge in [0, 0.05) is 6.20 Å². The first-order valence-corrected chi connectivity index (χ1v) is 14.1. The second-order valence-electron chi connectivity index (χ2n) is 9.91. The number of nitrogens with one attached hydrogen (secondary N) is 2. The fourth-order valence-corrected chi connectivity index (χ4v) is 5.56. The van der Waals surface area contributed by atoms with E-state index < -0.39 is 99.1 Å². The third-order valence-corrected chi connectivity index (χ3v) is 7.65. The fraction of sp³-hybridized carbons (Fsp3) is 0.739. The molecule has 0 spiro atoms. The molecule has 1 amide bonds. The van der Waals surface area contributed by atoms with Crippen LogP contribution in [0, 0.1) is 0 Å². The van der Waals surface area contributed by atoms with Crippen molar-refractivity contribution in [2.75, 3.05) is 6.61 Å². The normalized spacial score (nSPS) is 27.0. The quantitative estimate of drug-likeness (QED) is 0.158. The Morgan fingerprint density at radius 1 is 1.10 bits per heavy atom. The number of carbonyl (C=O) groups excluding carboxylic acids is 4. The summed E-state index contributed by atoms with van der Waals surface area (Å²) in [5.74, 6) is -3.35. The van der Waals surface area contributed by atoms with Gasteiger partial charge in [-0.3, -0.25) is 28.6 Å². The zero-order valence-electron chi connectivity index (χ0n) is 22.8. The molecule has 2 heterocycles. The minimum absolute atomic E-state index is 0.559. The average molecular weight is 602 g/mol. The van der Waals surface area contributed by atoms with Crippen LogP contribution in [0.4, 0.5) is 13.2 Å². The Labute approximate surface area is 229 Å². The third kappa shape index (κ3) is 8.10. The second kappa shape index (κ2) is 13.5. The molecule has 17 heteroatoms. The molecule has 0 unspecified atom stereocenters. The number of nitrogens with zero attached hydrogens (tertiary/aromatic N) is 1. The van der Waals surface area contributed by atoms with E-state index in [-0.39, 0.29) is 0 Å². The summed E-state index contributed by atoms with van der Waals surface area (Å²) in [6.45, 7) is 7.24. The van der Waals surface area contributed by atoms with Gasteiger partial charge >= 0.3 is 19.6 Å². The van der Waals surface area contributed by atoms with Gasteiger partial charge in [0.05, 0.1) is 25.2 Å². The monoisotopic (exact) mass is 601 g/mol. The van der Waals surface area contributed by atoms with Gasteiger partial charge in [0.25, 0.3) is 6.43 Å². The molecule has 2 rings (SSSR count). The van der Waals surface area contributed by atoms with Gasteiger partial charge in [-0.1, -0.05) is 0 Å². The number of hydrogen-bond acceptors (Lipinski definition) is 10. The second-order valence-corrected chi connectivity index (χ2v) is 11.8. The lowest BCUT2D eigenvalue weighted by Gasteiger charge is -2.34. The van der Waals surface area contributed by atoms with Crippen molar-refractivity contribution in [1.82, 2.24) is 15.1 Å². The Kier molecular flexibility index (Phi) is 11.5. The molecule has 2 aliphatic heterocycles. The Hall–Kier alpha value is -2.36. The van der Waals surface area contributed by atoms with Gasteiger partial charge in [-0.25, -0.2) is 23.3 Å². The topological polar surface area (TPSA) is 170 Å². The highest BCUT2D eigenvalue weighted by Gasteiger charge is 2.63. The summed E-state index contributed by atoms with van der Waals surface area (Å²) in [4.78, 5) is 48.9. The lowest BCUT2D eigenvalue weighted by Crippen LogP contribution is -2.53. The molecule has 228 valence electrons. The van der Waals surface area contributed by atoms with Crippen LogP contribution in [0.1, 0.15) is 48.0 Å². The zero-order valence-corrected chi connectivity index (χ0v) is 23.7. The van der Waals surface area contributed by atoms with Crippen LogP contribution in [0.5, 0.6) is 0 Å². The lowest BCUT2D eigenvalue weighted by molar-refractivity contribution is -0.199. The van der Waals surface area contributed by atoms with E-state index in [1.54, 1.807) is 27.7 Å². The van der Waals surface area contributed by atoms with Crippen LogP contribution < -0.4 is 10.2 Å². The van der Waals surface area contributed by atoms with Crippen LogP contribution in [0.25, 0.3) is 0 Å². The lowest BCUT2D eigenvalue weighted by atomic mass is 9.97. The van der Waals surface area contributed by atoms with Crippen LogP contribution in [-0.4, -0.2) is 95.1 Å². The Balaban J connectivity index is 2.35. The number of esters is 2. The molecular weight excluding hydrogens is 566 g/mol. The first-order valence-electron chi connectivity index (χ1n) is 12.4. The molecule has 2 aliphatic rings. The number of aliphatic hydroxyl groups is 1. The van der Waals surface area contributed by atoms with Crippen molar-refractivity contribution < 1.29 is 60.8 Å². The van der Waals surface area contributed by atoms with Crippen molar-refractivity contribution >= 4 is 31.3 Å². The van der Waals surface area contributed by atoms with E-state index in [0.29, 0.717) is 4.90 Å². The molecule has 0 saturated carbocycles. The van der Waals surface area contributed by atoms with Crippen molar-refractivity contribution in [3.8, 4) is 0 Å². The van der Waals surface area contributed by atoms with Gasteiger partial charge in [0.15, 0.2) is 23.8 Å². The minimum Gasteiger partial charge on any atom is -0.462 e. The molecule has 0 aromatic rings. The van der Waals surface area contributed by atoms with Crippen LogP contribution in [0.3, 0.4) is 0 Å². The molecule has 0 aromatic heterocycles. The smallest absolute Gasteiger partial charge is 0.342 e. The number of halogens is 3. The van der Waals surface area contributed by atoms with E-state index in [1.807, 2.05) is 0 Å². The van der Waals surface area contributed by atoms with Gasteiger partial charge in [-0.15, -0.1) is 0 Å². The molecule has 0 aliphatic carbocycles. The first-order chi connectivity index (χ1) is 18.4. The van der Waals surface area contributed by atoms with E-state index in [4.69, 9.17) is 18.7 Å². The number of aliphatic hydroxyl groups excluding tert-OH is 1. The Bertz CT molecular complexity index is 1010. The fourth-order valence-electron chi connectivity index (χ4n) is 3.72. The molecular formula is C23H35F3N3O10P. The van der Waals surface area contributed by atoms with E-state index in [2.05, 4.69) is 10.2 Å². The number of rotatable bonds is 13. The van der Waals surface area contributed by atoms with E-state index in [1.165, 1.54) is 13.8 Å². The number of amides is 1. The summed E-state index contributed by atoms with van der Waals surface area (Å²) >= 11 is 0. The highest BCUT2D eigenvalue weighted by molar-refractivity contribution is 7.54. The van der Waals surface area contributed by atoms with Crippen molar-refractivity contribution in [3.05, 3.63) is 12.3 Å². The summed E-state index contributed by atoms with van der Waals surface area (Å²) in [7, 11) is -4.67. The highest BCUT2D eigenvalue weighted by Crippen LogP contribution is 2.46. The number of carbonyl (C=O) groups is 4. The van der Waals surface area contributed by atoms with Crippen molar-refractivity contribution in [2.45, 2.75) is 103 Å². The average Bonchev–Trinajstić information content (AvgIpc) is 3.08. The van der Waals surface area contributed by atoms with E-state index in [9.17, 15) is 37.6 Å². The standard InChI is InChI=1S/C23H35F3N3O10P/c1-11(2)37-20(33)13(5)27-40(35,28-14(6)21(34)38-12(3)4)36-10-23(22(25)26)18(32)17(24)19(39-23)29-8-7-15(30)9-16(29)31/h7-8,11-14,17-19,22,32H,9-10H2,1-6H3,(H2,27,28,35)/t13-,14-,17+,18-,19+,23+/m0/s1. The van der Waals surface area contributed by atoms with Gasteiger partial charge in [0.1, 0.15) is 18.2 Å². The number of ether oxygens (including phenoxy) is 3. The molecule has 0 radical (unpaired) electrons. The Morgan fingerprint density at radius 2 is 1.60 bits per heavy atom. The summed E-state index contributed by atoms with van der Waals surface area (Å²) < 4.78 is 78.1. The van der Waals surface area contributed by atoms with Crippen molar-refractivity contribution in [3.63, 3.8) is 0 Å². The minimum atomic E-state index is -4.67. The molecule has 3 N–H and O–H groups in total. The zero-order chi connectivity index (χ0) is 30.6. The molecule has 0 bridgehead atoms. The predicted molar refractivity (Wildman–Crippen MR) is 131 cm³/mol. The Morgan fingerprint density at radius 3 is 2.02 bits per heavy atom. The molecule has 13 nitrogen and oxygen atoms in total.